The molecule has 8 nitrogen and oxygen atoms in total. The zero-order valence-corrected chi connectivity index (χ0v) is 32.0. The van der Waals surface area contributed by atoms with Crippen LogP contribution in [-0.2, 0) is 28.9 Å². The molecule has 0 radical (unpaired) electrons. The summed E-state index contributed by atoms with van der Waals surface area (Å²) in [4.78, 5) is 39.3. The van der Waals surface area contributed by atoms with E-state index in [0.29, 0.717) is 41.1 Å². The van der Waals surface area contributed by atoms with Crippen LogP contribution in [0.25, 0.3) is 0 Å². The van der Waals surface area contributed by atoms with Crippen molar-refractivity contribution in [3.05, 3.63) is 129 Å². The van der Waals surface area contributed by atoms with Crippen LogP contribution in [-0.4, -0.2) is 49.5 Å². The first-order valence-electron chi connectivity index (χ1n) is 17.0. The Hall–Kier alpha value is -4.58. The molecular weight excluding hydrogens is 715 g/mol. The van der Waals surface area contributed by atoms with Crippen molar-refractivity contribution in [2.75, 3.05) is 48.1 Å². The smallest absolute Gasteiger partial charge is 0.227 e. The number of allylic oxidation sites excluding steroid dienone is 8. The number of hydrogen-bond acceptors (Lipinski definition) is 8. The summed E-state index contributed by atoms with van der Waals surface area (Å²) in [6, 6.07) is 11.0. The lowest BCUT2D eigenvalue weighted by atomic mass is 9.79. The van der Waals surface area contributed by atoms with Crippen molar-refractivity contribution in [3.8, 4) is 0 Å². The quantitative estimate of drug-likeness (QED) is 0.126. The first-order valence-corrected chi connectivity index (χ1v) is 19.2. The van der Waals surface area contributed by atoms with Gasteiger partial charge in [-0.1, -0.05) is 60.2 Å². The minimum Gasteiger partial charge on any atom is -0.378 e. The molecule has 2 aromatic carbocycles. The van der Waals surface area contributed by atoms with Gasteiger partial charge in [-0.25, -0.2) is 14.4 Å². The average molecular weight is 757 g/mol. The Morgan fingerprint density at radius 3 is 1.90 bits per heavy atom. The van der Waals surface area contributed by atoms with E-state index in [4.69, 9.17) is 16.6 Å². The molecule has 4 aromatic rings. The number of anilines is 4. The molecule has 0 unspecified atom stereocenters. The minimum atomic E-state index is -0.544. The second kappa shape index (κ2) is 16.0. The zero-order valence-electron chi connectivity index (χ0n) is 29.7. The highest BCUT2D eigenvalue weighted by atomic mass is 35.5. The number of hydrogen-bond donors (Lipinski definition) is 2. The highest BCUT2D eigenvalue weighted by Gasteiger charge is 2.32. The number of amides is 2. The highest BCUT2D eigenvalue weighted by Crippen LogP contribution is 2.38. The number of nitrogens with one attached hydrogen (secondary N) is 2. The van der Waals surface area contributed by atoms with E-state index in [1.165, 1.54) is 34.8 Å². The fourth-order valence-corrected chi connectivity index (χ4v) is 8.35. The van der Waals surface area contributed by atoms with Crippen molar-refractivity contribution in [1.29, 1.82) is 0 Å². The van der Waals surface area contributed by atoms with Gasteiger partial charge >= 0.3 is 0 Å². The molecule has 2 N–H and O–H groups in total. The zero-order chi connectivity index (χ0) is 36.9. The van der Waals surface area contributed by atoms with Crippen LogP contribution in [0, 0.1) is 23.6 Å². The maximum Gasteiger partial charge on any atom is 0.227 e. The second-order valence-electron chi connectivity index (χ2n) is 13.8. The number of thiazole rings is 2. The van der Waals surface area contributed by atoms with Crippen molar-refractivity contribution < 1.29 is 14.0 Å². The normalized spacial score (nSPS) is 15.0. The molecule has 2 amide bonds. The fourth-order valence-electron chi connectivity index (χ4n) is 6.63. The van der Waals surface area contributed by atoms with Gasteiger partial charge in [0.25, 0.3) is 0 Å². The summed E-state index contributed by atoms with van der Waals surface area (Å²) in [5.74, 6) is -0.529. The molecular formula is C40H42ClFN6O2S2. The van der Waals surface area contributed by atoms with Crippen molar-refractivity contribution >= 4 is 67.7 Å². The monoisotopic (exact) mass is 756 g/mol. The molecule has 2 heterocycles. The van der Waals surface area contributed by atoms with Gasteiger partial charge in [-0.3, -0.25) is 9.59 Å². The van der Waals surface area contributed by atoms with Gasteiger partial charge in [-0.05, 0) is 67.3 Å². The Balaban J connectivity index is 1.04. The summed E-state index contributed by atoms with van der Waals surface area (Å²) < 4.78 is 14.4. The van der Waals surface area contributed by atoms with E-state index in [0.717, 1.165) is 33.9 Å². The summed E-state index contributed by atoms with van der Waals surface area (Å²) >= 11 is 9.44. The molecule has 6 rings (SSSR count). The van der Waals surface area contributed by atoms with E-state index >= 15 is 0 Å². The van der Waals surface area contributed by atoms with Crippen LogP contribution in [0.2, 0.25) is 5.02 Å². The predicted molar refractivity (Wildman–Crippen MR) is 213 cm³/mol. The summed E-state index contributed by atoms with van der Waals surface area (Å²) in [5.41, 5.74) is 4.36. The maximum atomic E-state index is 14.4. The first kappa shape index (κ1) is 37.2. The van der Waals surface area contributed by atoms with E-state index in [1.807, 2.05) is 98.4 Å². The van der Waals surface area contributed by atoms with Crippen LogP contribution in [0.5, 0.6) is 0 Å². The van der Waals surface area contributed by atoms with Gasteiger partial charge in [-0.15, -0.1) is 22.7 Å². The SMILES string of the molecule is Cc1csc(NC(=O)CC2(Cc3cc(Cl)cc(N(C)CCc4csc(NC(=O)CC5(Cc6cc(F)cc(N(C)C)c6)C=CC=C5)n4)c3)C=CC=C2)n1. The number of carbonyl (C=O) groups excluding carboxylic acids is 2. The lowest BCUT2D eigenvalue weighted by Gasteiger charge is -2.26. The van der Waals surface area contributed by atoms with Crippen LogP contribution in [0.1, 0.15) is 35.4 Å². The van der Waals surface area contributed by atoms with Crippen LogP contribution in [0.3, 0.4) is 0 Å². The predicted octanol–water partition coefficient (Wildman–Crippen LogP) is 8.81. The molecule has 2 aliphatic carbocycles. The molecule has 0 saturated heterocycles. The number of rotatable bonds is 15. The van der Waals surface area contributed by atoms with Crippen molar-refractivity contribution in [2.45, 2.75) is 39.0 Å². The second-order valence-corrected chi connectivity index (χ2v) is 16.0. The Bertz CT molecular complexity index is 2040. The number of nitrogens with zero attached hydrogens (tertiary/aromatic N) is 4. The molecule has 2 aromatic heterocycles. The topological polar surface area (TPSA) is 90.5 Å². The molecule has 0 spiro atoms. The number of benzene rings is 2. The number of likely N-dealkylation sites (N-methyl/N-ethyl adjacent to an activating group) is 1. The molecule has 0 fully saturated rings. The fraction of sp³-hybridized carbons (Fsp3) is 0.300. The Labute approximate surface area is 317 Å². The van der Waals surface area contributed by atoms with Gasteiger partial charge in [0, 0.05) is 84.9 Å². The number of aromatic nitrogens is 2. The third-order valence-electron chi connectivity index (χ3n) is 9.19. The third-order valence-corrected chi connectivity index (χ3v) is 11.1. The van der Waals surface area contributed by atoms with Gasteiger partial charge in [0.05, 0.1) is 11.4 Å². The molecule has 0 bridgehead atoms. The van der Waals surface area contributed by atoms with Gasteiger partial charge in [0.2, 0.25) is 11.8 Å². The maximum absolute atomic E-state index is 14.4. The number of carbonyl (C=O) groups is 2. The van der Waals surface area contributed by atoms with E-state index in [1.54, 1.807) is 0 Å². The highest BCUT2D eigenvalue weighted by molar-refractivity contribution is 7.14. The van der Waals surface area contributed by atoms with Crippen molar-refractivity contribution in [3.63, 3.8) is 0 Å². The summed E-state index contributed by atoms with van der Waals surface area (Å²) in [5, 5.41) is 11.6. The molecule has 52 heavy (non-hydrogen) atoms. The van der Waals surface area contributed by atoms with Gasteiger partial charge in [0.15, 0.2) is 10.3 Å². The molecule has 270 valence electrons. The van der Waals surface area contributed by atoms with Gasteiger partial charge in [-0.2, -0.15) is 0 Å². The van der Waals surface area contributed by atoms with E-state index in [2.05, 4.69) is 38.7 Å². The van der Waals surface area contributed by atoms with Crippen LogP contribution in [0.4, 0.5) is 26.0 Å². The molecule has 12 heteroatoms. The van der Waals surface area contributed by atoms with Gasteiger partial charge < -0.3 is 20.4 Å². The van der Waals surface area contributed by atoms with Crippen LogP contribution < -0.4 is 20.4 Å². The largest absolute Gasteiger partial charge is 0.378 e. The average Bonchev–Trinajstić information content (AvgIpc) is 3.89. The lowest BCUT2D eigenvalue weighted by molar-refractivity contribution is -0.118. The van der Waals surface area contributed by atoms with E-state index < -0.39 is 10.8 Å². The first-order chi connectivity index (χ1) is 24.9. The lowest BCUT2D eigenvalue weighted by Crippen LogP contribution is -2.26. The third kappa shape index (κ3) is 9.64. The summed E-state index contributed by atoms with van der Waals surface area (Å²) in [6.07, 6.45) is 18.3. The van der Waals surface area contributed by atoms with Crippen LogP contribution in [0.15, 0.2) is 95.8 Å². The van der Waals surface area contributed by atoms with Gasteiger partial charge in [0.1, 0.15) is 5.82 Å². The van der Waals surface area contributed by atoms with Crippen LogP contribution >= 0.6 is 34.3 Å². The minimum absolute atomic E-state index is 0.0851. The molecule has 0 aliphatic heterocycles. The van der Waals surface area contributed by atoms with Crippen molar-refractivity contribution in [1.82, 2.24) is 9.97 Å². The standard InChI is InChI=1S/C40H42ClFN6O2S2/c1-27-25-51-37(43-27)45-35(49)23-39(10-5-6-11-39)21-28-15-30(41)19-34(18-28)48(4)14-9-32-26-52-38(44-32)46-36(50)24-40(12-7-8-13-40)22-29-16-31(42)20-33(17-29)47(2)3/h5-8,10-13,15-20,25-26H,9,14,21-24H2,1-4H3,(H,43,45,49)(H,44,46,50). The van der Waals surface area contributed by atoms with E-state index in [9.17, 15) is 14.0 Å². The summed E-state index contributed by atoms with van der Waals surface area (Å²) in [6.45, 7) is 2.58. The summed E-state index contributed by atoms with van der Waals surface area (Å²) in [7, 11) is 5.77. The van der Waals surface area contributed by atoms with E-state index in [-0.39, 0.29) is 30.5 Å². The van der Waals surface area contributed by atoms with Crippen molar-refractivity contribution in [2.24, 2.45) is 10.8 Å². The Morgan fingerprint density at radius 2 is 1.33 bits per heavy atom. The Kier molecular flexibility index (Phi) is 11.4. The molecule has 0 saturated carbocycles. The Morgan fingerprint density at radius 1 is 0.769 bits per heavy atom. The molecule has 0 atom stereocenters. The molecule has 2 aliphatic rings. The number of aryl methyl sites for hydroxylation is 1. The number of halogens is 2.